The second-order valence-electron chi connectivity index (χ2n) is 8.28. The van der Waals surface area contributed by atoms with Gasteiger partial charge in [0.25, 0.3) is 0 Å². The fourth-order valence-electron chi connectivity index (χ4n) is 4.51. The van der Waals surface area contributed by atoms with Crippen molar-refractivity contribution in [1.29, 1.82) is 0 Å². The van der Waals surface area contributed by atoms with Gasteiger partial charge >= 0.3 is 0 Å². The Kier molecular flexibility index (Phi) is 4.90. The van der Waals surface area contributed by atoms with Crippen LogP contribution in [0.1, 0.15) is 56.5 Å². The van der Waals surface area contributed by atoms with E-state index in [9.17, 15) is 24.9 Å². The average molecular weight is 438 g/mol. The van der Waals surface area contributed by atoms with Crippen LogP contribution < -0.4 is 4.74 Å². The van der Waals surface area contributed by atoms with Crippen molar-refractivity contribution >= 4 is 22.5 Å². The van der Waals surface area contributed by atoms with Gasteiger partial charge in [-0.2, -0.15) is 0 Å². The smallest absolute Gasteiger partial charge is 0.233 e. The van der Waals surface area contributed by atoms with E-state index in [1.54, 1.807) is 37.3 Å². The molecule has 1 aliphatic carbocycles. The van der Waals surface area contributed by atoms with Crippen LogP contribution in [0, 0.1) is 6.92 Å². The molecule has 0 spiro atoms. The maximum atomic E-state index is 13.4. The lowest BCUT2D eigenvalue weighted by molar-refractivity contribution is -0.216. The van der Waals surface area contributed by atoms with Crippen molar-refractivity contribution in [1.82, 2.24) is 0 Å². The molecule has 8 nitrogen and oxygen atoms in total. The number of carbonyl (C=O) groups is 2. The van der Waals surface area contributed by atoms with Gasteiger partial charge in [-0.25, -0.2) is 0 Å². The monoisotopic (exact) mass is 438 g/mol. The minimum Gasteiger partial charge on any atom is -0.464 e. The molecule has 3 N–H and O–H groups in total. The van der Waals surface area contributed by atoms with Crippen LogP contribution in [-0.2, 0) is 11.3 Å². The molecule has 166 valence electrons. The number of aryl methyl sites for hydroxylation is 1. The highest BCUT2D eigenvalue weighted by Crippen LogP contribution is 2.40. The van der Waals surface area contributed by atoms with Gasteiger partial charge in [0.15, 0.2) is 11.5 Å². The molecule has 8 heteroatoms. The minimum atomic E-state index is -1.04. The lowest BCUT2D eigenvalue weighted by Crippen LogP contribution is -2.48. The lowest BCUT2D eigenvalue weighted by atomic mass is 9.85. The van der Waals surface area contributed by atoms with E-state index in [-0.39, 0.29) is 41.2 Å². The summed E-state index contributed by atoms with van der Waals surface area (Å²) < 4.78 is 17.3. The van der Waals surface area contributed by atoms with Gasteiger partial charge in [-0.15, -0.1) is 0 Å². The third-order valence-electron chi connectivity index (χ3n) is 6.05. The van der Waals surface area contributed by atoms with Crippen molar-refractivity contribution in [2.75, 3.05) is 0 Å². The lowest BCUT2D eigenvalue weighted by Gasteiger charge is -2.35. The van der Waals surface area contributed by atoms with Gasteiger partial charge in [-0.1, -0.05) is 18.2 Å². The fraction of sp³-hybridized carbons (Fsp3) is 0.333. The summed E-state index contributed by atoms with van der Waals surface area (Å²) in [6.45, 7) is 3.15. The molecular formula is C24H22O8. The quantitative estimate of drug-likeness (QED) is 0.445. The molecule has 3 aromatic rings. The van der Waals surface area contributed by atoms with Crippen LogP contribution in [0.2, 0.25) is 0 Å². The molecule has 0 radical (unpaired) electrons. The van der Waals surface area contributed by atoms with Gasteiger partial charge < -0.3 is 29.2 Å². The van der Waals surface area contributed by atoms with E-state index in [4.69, 9.17) is 13.9 Å². The third kappa shape index (κ3) is 3.07. The highest BCUT2D eigenvalue weighted by molar-refractivity contribution is 6.32. The first kappa shape index (κ1) is 20.8. The Balaban J connectivity index is 1.60. The van der Waals surface area contributed by atoms with Crippen LogP contribution in [0.4, 0.5) is 0 Å². The molecule has 2 aliphatic rings. The third-order valence-corrected chi connectivity index (χ3v) is 6.05. The molecule has 2 heterocycles. The van der Waals surface area contributed by atoms with Crippen LogP contribution in [0.25, 0.3) is 11.0 Å². The largest absolute Gasteiger partial charge is 0.464 e. The van der Waals surface area contributed by atoms with E-state index in [1.165, 1.54) is 0 Å². The maximum Gasteiger partial charge on any atom is 0.233 e. The Bertz CT molecular complexity index is 1240. The molecule has 0 unspecified atom stereocenters. The molecule has 1 aliphatic heterocycles. The predicted octanol–water partition coefficient (Wildman–Crippen LogP) is 2.24. The number of aliphatic hydroxyl groups excluding tert-OH is 3. The van der Waals surface area contributed by atoms with E-state index in [0.717, 1.165) is 5.56 Å². The topological polar surface area (TPSA) is 126 Å². The van der Waals surface area contributed by atoms with E-state index in [2.05, 4.69) is 0 Å². The second kappa shape index (κ2) is 7.53. The normalized spacial score (nSPS) is 25.0. The molecule has 0 bridgehead atoms. The molecule has 4 atom stereocenters. The molecule has 1 fully saturated rings. The number of rotatable bonds is 3. The Labute approximate surface area is 183 Å². The number of hydrogen-bond donors (Lipinski definition) is 3. The molecule has 0 saturated carbocycles. The zero-order chi connectivity index (χ0) is 22.7. The van der Waals surface area contributed by atoms with Crippen LogP contribution >= 0.6 is 0 Å². The van der Waals surface area contributed by atoms with Crippen molar-refractivity contribution in [3.8, 4) is 5.75 Å². The Morgan fingerprint density at radius 1 is 1.12 bits per heavy atom. The van der Waals surface area contributed by atoms with Gasteiger partial charge in [-0.3, -0.25) is 9.59 Å². The van der Waals surface area contributed by atoms with E-state index >= 15 is 0 Å². The molecule has 2 aromatic carbocycles. The van der Waals surface area contributed by atoms with E-state index in [0.29, 0.717) is 16.5 Å². The number of carbonyl (C=O) groups excluding carboxylic acids is 2. The van der Waals surface area contributed by atoms with Gasteiger partial charge in [0.05, 0.1) is 29.9 Å². The summed E-state index contributed by atoms with van der Waals surface area (Å²) in [6, 6.07) is 8.17. The van der Waals surface area contributed by atoms with Crippen molar-refractivity contribution in [3.05, 3.63) is 63.9 Å². The molecule has 32 heavy (non-hydrogen) atoms. The van der Waals surface area contributed by atoms with Crippen LogP contribution in [-0.4, -0.2) is 51.5 Å². The standard InChI is InChI=1S/C24H22O8/c1-10-6-12(9-25)18-16(7-10)32-24-20(18)22(28)13-4-3-5-15(19(13)23(24)29)31-17-8-14(26)21(27)11(2)30-17/h3-7,11,14,17,21,25-27H,8-9H2,1-2H3/t11-,14-,17-,21-/m0/s1. The van der Waals surface area contributed by atoms with Crippen molar-refractivity contribution in [2.24, 2.45) is 0 Å². The molecule has 5 rings (SSSR count). The second-order valence-corrected chi connectivity index (χ2v) is 8.28. The van der Waals surface area contributed by atoms with Crippen LogP contribution in [0.15, 0.2) is 34.7 Å². The highest BCUT2D eigenvalue weighted by atomic mass is 16.7. The number of furan rings is 1. The number of benzene rings is 2. The van der Waals surface area contributed by atoms with Crippen molar-refractivity contribution in [3.63, 3.8) is 0 Å². The summed E-state index contributed by atoms with van der Waals surface area (Å²) in [5, 5.41) is 30.2. The summed E-state index contributed by atoms with van der Waals surface area (Å²) in [6.07, 6.45) is -3.64. The predicted molar refractivity (Wildman–Crippen MR) is 112 cm³/mol. The van der Waals surface area contributed by atoms with Crippen LogP contribution in [0.5, 0.6) is 5.75 Å². The number of ether oxygens (including phenoxy) is 2. The SMILES string of the molecule is Cc1cc(CO)c2c3c(oc2c1)C(=O)c1c(O[C@H]2C[C@H](O)[C@@H](O)[C@H](C)O2)cccc1C3=O. The number of fused-ring (bicyclic) bond motifs is 4. The molecular weight excluding hydrogens is 416 g/mol. The van der Waals surface area contributed by atoms with Gasteiger partial charge in [0.2, 0.25) is 12.1 Å². The average Bonchev–Trinajstić information content (AvgIpc) is 3.15. The number of aliphatic hydroxyl groups is 3. The summed E-state index contributed by atoms with van der Waals surface area (Å²) in [5.74, 6) is -0.869. The first-order valence-electron chi connectivity index (χ1n) is 10.4. The Morgan fingerprint density at radius 3 is 2.62 bits per heavy atom. The highest BCUT2D eigenvalue weighted by Gasteiger charge is 2.40. The van der Waals surface area contributed by atoms with E-state index < -0.39 is 36.2 Å². The summed E-state index contributed by atoms with van der Waals surface area (Å²) in [5.41, 5.74) is 2.06. The Morgan fingerprint density at radius 2 is 1.91 bits per heavy atom. The zero-order valence-electron chi connectivity index (χ0n) is 17.5. The first-order chi connectivity index (χ1) is 15.3. The number of hydrogen-bond acceptors (Lipinski definition) is 8. The maximum absolute atomic E-state index is 13.4. The minimum absolute atomic E-state index is 0.00629. The summed E-state index contributed by atoms with van der Waals surface area (Å²) in [7, 11) is 0. The molecule has 1 aromatic heterocycles. The van der Waals surface area contributed by atoms with Gasteiger partial charge in [0, 0.05) is 17.4 Å². The number of ketones is 2. The summed E-state index contributed by atoms with van der Waals surface area (Å²) >= 11 is 0. The van der Waals surface area contributed by atoms with Crippen molar-refractivity contribution < 1.29 is 38.8 Å². The first-order valence-corrected chi connectivity index (χ1v) is 10.4. The summed E-state index contributed by atoms with van der Waals surface area (Å²) in [4.78, 5) is 26.9. The molecule has 0 amide bonds. The fourth-order valence-corrected chi connectivity index (χ4v) is 4.51. The zero-order valence-corrected chi connectivity index (χ0v) is 17.5. The van der Waals surface area contributed by atoms with Crippen molar-refractivity contribution in [2.45, 2.75) is 51.5 Å². The van der Waals surface area contributed by atoms with E-state index in [1.807, 2.05) is 6.92 Å². The van der Waals surface area contributed by atoms with Crippen LogP contribution in [0.3, 0.4) is 0 Å². The van der Waals surface area contributed by atoms with Gasteiger partial charge in [0.1, 0.15) is 17.4 Å². The molecule has 1 saturated heterocycles. The Hall–Kier alpha value is -3.04. The van der Waals surface area contributed by atoms with Gasteiger partial charge in [-0.05, 0) is 37.1 Å².